The van der Waals surface area contributed by atoms with Gasteiger partial charge in [0.15, 0.2) is 5.66 Å². The molecule has 0 bridgehead atoms. The molecule has 2 aromatic rings. The average Bonchev–Trinajstić information content (AvgIpc) is 2.80. The molecule has 1 atom stereocenters. The van der Waals surface area contributed by atoms with Gasteiger partial charge < -0.3 is 22.1 Å². The molecule has 9 heteroatoms. The number of amides is 3. The standard InChI is InChI=1S/C23H23N5O4/c1-23(25,22(31)28-32)27-21(30)19-12-8-17(9-13-19)5-3-2-4-16-6-10-18(11-7-16)20(29)26-15-14-24/h6-13,32H,14-15,24-25H2,1H3,(H,26,29)(H,27,30)(H,28,31)/t23-/m0/s1. The summed E-state index contributed by atoms with van der Waals surface area (Å²) in [4.78, 5) is 35.4. The first-order valence-electron chi connectivity index (χ1n) is 9.53. The van der Waals surface area contributed by atoms with Gasteiger partial charge in [-0.15, -0.1) is 0 Å². The zero-order chi connectivity index (χ0) is 23.6. The highest BCUT2D eigenvalue weighted by molar-refractivity contribution is 5.98. The Bertz CT molecular complexity index is 1100. The number of hydrogen-bond donors (Lipinski definition) is 6. The van der Waals surface area contributed by atoms with Crippen LogP contribution in [0.25, 0.3) is 0 Å². The molecule has 9 nitrogen and oxygen atoms in total. The van der Waals surface area contributed by atoms with Crippen molar-refractivity contribution in [3.63, 3.8) is 0 Å². The van der Waals surface area contributed by atoms with Gasteiger partial charge in [-0.25, -0.2) is 5.48 Å². The fraction of sp³-hybridized carbons (Fsp3) is 0.174. The number of benzene rings is 2. The van der Waals surface area contributed by atoms with Crippen LogP contribution in [-0.2, 0) is 4.79 Å². The fourth-order valence-electron chi connectivity index (χ4n) is 2.39. The number of carbonyl (C=O) groups excluding carboxylic acids is 3. The highest BCUT2D eigenvalue weighted by atomic mass is 16.5. The monoisotopic (exact) mass is 433 g/mol. The normalized spacial score (nSPS) is 11.5. The van der Waals surface area contributed by atoms with E-state index in [1.54, 1.807) is 36.4 Å². The lowest BCUT2D eigenvalue weighted by molar-refractivity contribution is -0.135. The van der Waals surface area contributed by atoms with Crippen molar-refractivity contribution < 1.29 is 19.6 Å². The topological polar surface area (TPSA) is 160 Å². The molecule has 32 heavy (non-hydrogen) atoms. The maximum atomic E-state index is 12.2. The average molecular weight is 433 g/mol. The van der Waals surface area contributed by atoms with Crippen molar-refractivity contribution >= 4 is 17.7 Å². The fourth-order valence-corrected chi connectivity index (χ4v) is 2.39. The SMILES string of the molecule is C[C@](N)(NC(=O)c1ccc(C#CC#Cc2ccc(C(=O)NCCN)cc2)cc1)C(=O)NO. The molecule has 0 saturated heterocycles. The first-order chi connectivity index (χ1) is 15.3. The summed E-state index contributed by atoms with van der Waals surface area (Å²) in [5, 5.41) is 13.6. The Morgan fingerprint density at radius 1 is 0.906 bits per heavy atom. The molecule has 2 aromatic carbocycles. The largest absolute Gasteiger partial charge is 0.351 e. The van der Waals surface area contributed by atoms with E-state index >= 15 is 0 Å². The highest BCUT2D eigenvalue weighted by Crippen LogP contribution is 2.06. The number of carbonyl (C=O) groups is 3. The van der Waals surface area contributed by atoms with E-state index < -0.39 is 17.5 Å². The first-order valence-corrected chi connectivity index (χ1v) is 9.53. The molecule has 8 N–H and O–H groups in total. The second-order valence-corrected chi connectivity index (χ2v) is 6.80. The zero-order valence-electron chi connectivity index (χ0n) is 17.4. The van der Waals surface area contributed by atoms with Gasteiger partial charge in [0.2, 0.25) is 0 Å². The molecule has 164 valence electrons. The van der Waals surface area contributed by atoms with E-state index in [4.69, 9.17) is 16.7 Å². The van der Waals surface area contributed by atoms with Crippen LogP contribution in [0, 0.1) is 23.7 Å². The van der Waals surface area contributed by atoms with Gasteiger partial charge in [-0.05, 0) is 67.3 Å². The molecular weight excluding hydrogens is 410 g/mol. The molecule has 3 amide bonds. The Labute approximate surface area is 185 Å². The van der Waals surface area contributed by atoms with Gasteiger partial charge in [0.1, 0.15) is 0 Å². The Morgan fingerprint density at radius 2 is 1.38 bits per heavy atom. The molecule has 0 unspecified atom stereocenters. The summed E-state index contributed by atoms with van der Waals surface area (Å²) in [6.45, 7) is 2.04. The van der Waals surface area contributed by atoms with E-state index in [2.05, 4.69) is 34.3 Å². The minimum Gasteiger partial charge on any atom is -0.351 e. The molecule has 0 aliphatic heterocycles. The van der Waals surface area contributed by atoms with Crippen LogP contribution in [0.1, 0.15) is 38.8 Å². The van der Waals surface area contributed by atoms with E-state index in [1.165, 1.54) is 24.5 Å². The van der Waals surface area contributed by atoms with Gasteiger partial charge in [-0.3, -0.25) is 19.6 Å². The lowest BCUT2D eigenvalue weighted by atomic mass is 10.1. The van der Waals surface area contributed by atoms with Gasteiger partial charge in [0.25, 0.3) is 17.7 Å². The summed E-state index contributed by atoms with van der Waals surface area (Å²) in [5.74, 6) is 9.46. The Morgan fingerprint density at radius 3 is 1.81 bits per heavy atom. The Hall–Kier alpha value is -4.15. The van der Waals surface area contributed by atoms with Crippen molar-refractivity contribution in [1.29, 1.82) is 0 Å². The maximum absolute atomic E-state index is 12.2. The van der Waals surface area contributed by atoms with Crippen LogP contribution in [0.2, 0.25) is 0 Å². The molecule has 2 rings (SSSR count). The van der Waals surface area contributed by atoms with Crippen molar-refractivity contribution in [3.05, 3.63) is 70.8 Å². The van der Waals surface area contributed by atoms with Crippen molar-refractivity contribution in [2.75, 3.05) is 13.1 Å². The molecule has 0 fully saturated rings. The van der Waals surface area contributed by atoms with Crippen LogP contribution in [0.15, 0.2) is 48.5 Å². The minimum absolute atomic E-state index is 0.195. The minimum atomic E-state index is -1.77. The molecule has 0 spiro atoms. The summed E-state index contributed by atoms with van der Waals surface area (Å²) in [7, 11) is 0. The smallest absolute Gasteiger partial charge is 0.283 e. The molecule has 0 saturated carbocycles. The van der Waals surface area contributed by atoms with E-state index in [1.807, 2.05) is 0 Å². The summed E-state index contributed by atoms with van der Waals surface area (Å²) in [6.07, 6.45) is 0. The van der Waals surface area contributed by atoms with E-state index in [-0.39, 0.29) is 11.5 Å². The van der Waals surface area contributed by atoms with Crippen LogP contribution >= 0.6 is 0 Å². The maximum Gasteiger partial charge on any atom is 0.283 e. The second-order valence-electron chi connectivity index (χ2n) is 6.80. The van der Waals surface area contributed by atoms with Crippen molar-refractivity contribution in [2.45, 2.75) is 12.6 Å². The van der Waals surface area contributed by atoms with Crippen LogP contribution in [0.5, 0.6) is 0 Å². The molecule has 0 heterocycles. The summed E-state index contributed by atoms with van der Waals surface area (Å²) < 4.78 is 0. The quantitative estimate of drug-likeness (QED) is 0.159. The van der Waals surface area contributed by atoms with Crippen LogP contribution in [0.4, 0.5) is 0 Å². The van der Waals surface area contributed by atoms with Crippen LogP contribution in [0.3, 0.4) is 0 Å². The van der Waals surface area contributed by atoms with E-state index in [9.17, 15) is 14.4 Å². The molecule has 0 aliphatic rings. The third-order valence-corrected chi connectivity index (χ3v) is 4.15. The Kier molecular flexibility index (Phi) is 8.52. The van der Waals surface area contributed by atoms with Crippen molar-refractivity contribution in [1.82, 2.24) is 16.1 Å². The first kappa shape index (κ1) is 24.1. The van der Waals surface area contributed by atoms with Gasteiger partial charge >= 0.3 is 0 Å². The third-order valence-electron chi connectivity index (χ3n) is 4.15. The summed E-state index contributed by atoms with van der Waals surface area (Å²) >= 11 is 0. The van der Waals surface area contributed by atoms with Gasteiger partial charge in [-0.1, -0.05) is 11.8 Å². The number of nitrogens with two attached hydrogens (primary N) is 2. The molecule has 0 aliphatic carbocycles. The van der Waals surface area contributed by atoms with Crippen molar-refractivity contribution in [2.24, 2.45) is 11.5 Å². The Balaban J connectivity index is 1.98. The molecule has 0 radical (unpaired) electrons. The van der Waals surface area contributed by atoms with Crippen LogP contribution < -0.4 is 27.6 Å². The second kappa shape index (κ2) is 11.3. The number of rotatable bonds is 6. The van der Waals surface area contributed by atoms with Crippen LogP contribution in [-0.4, -0.2) is 41.7 Å². The highest BCUT2D eigenvalue weighted by Gasteiger charge is 2.30. The lowest BCUT2D eigenvalue weighted by Crippen LogP contribution is -2.62. The van der Waals surface area contributed by atoms with E-state index in [0.29, 0.717) is 29.8 Å². The van der Waals surface area contributed by atoms with Gasteiger partial charge in [-0.2, -0.15) is 0 Å². The van der Waals surface area contributed by atoms with E-state index in [0.717, 1.165) is 0 Å². The van der Waals surface area contributed by atoms with Gasteiger partial charge in [0, 0.05) is 35.3 Å². The predicted molar refractivity (Wildman–Crippen MR) is 118 cm³/mol. The zero-order valence-corrected chi connectivity index (χ0v) is 17.4. The van der Waals surface area contributed by atoms with Crippen molar-refractivity contribution in [3.8, 4) is 23.7 Å². The molecular formula is C23H23N5O4. The number of hydrogen-bond acceptors (Lipinski definition) is 6. The summed E-state index contributed by atoms with van der Waals surface area (Å²) in [5.41, 5.74) is 12.7. The lowest BCUT2D eigenvalue weighted by Gasteiger charge is -2.23. The third kappa shape index (κ3) is 6.97. The predicted octanol–water partition coefficient (Wildman–Crippen LogP) is -0.312. The van der Waals surface area contributed by atoms with Gasteiger partial charge in [0.05, 0.1) is 0 Å². The summed E-state index contributed by atoms with van der Waals surface area (Å²) in [6, 6.07) is 13.1. The molecule has 0 aromatic heterocycles. The number of hydroxylamine groups is 1. The number of nitrogens with one attached hydrogen (secondary N) is 3.